The van der Waals surface area contributed by atoms with E-state index in [-0.39, 0.29) is 24.3 Å². The van der Waals surface area contributed by atoms with Crippen LogP contribution < -0.4 is 0 Å². The first-order valence-corrected chi connectivity index (χ1v) is 9.17. The van der Waals surface area contributed by atoms with Crippen LogP contribution in [0.1, 0.15) is 36.1 Å². The minimum atomic E-state index is -0.202. The fourth-order valence-electron chi connectivity index (χ4n) is 3.57. The predicted octanol–water partition coefficient (Wildman–Crippen LogP) is 3.83. The molecule has 0 saturated carbocycles. The highest BCUT2D eigenvalue weighted by atomic mass is 35.5. The van der Waals surface area contributed by atoms with Gasteiger partial charge in [0.15, 0.2) is 0 Å². The highest BCUT2D eigenvalue weighted by Gasteiger charge is 2.31. The van der Waals surface area contributed by atoms with Crippen LogP contribution in [0.25, 0.3) is 0 Å². The molecule has 1 unspecified atom stereocenters. The molecule has 2 aromatic carbocycles. The maximum atomic E-state index is 12.8. The highest BCUT2D eigenvalue weighted by Crippen LogP contribution is 2.32. The molecule has 1 heterocycles. The molecular formula is C21H23ClN2O2. The summed E-state index contributed by atoms with van der Waals surface area (Å²) in [5.74, 6) is 0.0210. The van der Waals surface area contributed by atoms with E-state index in [1.165, 1.54) is 5.56 Å². The van der Waals surface area contributed by atoms with Crippen molar-refractivity contribution in [3.8, 4) is 0 Å². The second-order valence-electron chi connectivity index (χ2n) is 6.76. The molecule has 2 aromatic rings. The van der Waals surface area contributed by atoms with Gasteiger partial charge >= 0.3 is 0 Å². The summed E-state index contributed by atoms with van der Waals surface area (Å²) in [5, 5.41) is 0.660. The average molecular weight is 371 g/mol. The first-order valence-electron chi connectivity index (χ1n) is 8.79. The molecule has 0 aromatic heterocycles. The predicted molar refractivity (Wildman–Crippen MR) is 103 cm³/mol. The summed E-state index contributed by atoms with van der Waals surface area (Å²) in [7, 11) is 1.79. The Labute approximate surface area is 159 Å². The van der Waals surface area contributed by atoms with Crippen LogP contribution in [0, 0.1) is 0 Å². The van der Waals surface area contributed by atoms with Crippen LogP contribution in [0.5, 0.6) is 0 Å². The first-order chi connectivity index (χ1) is 12.5. The maximum Gasteiger partial charge on any atom is 0.225 e. The number of halogens is 1. The van der Waals surface area contributed by atoms with Crippen molar-refractivity contribution in [3.05, 3.63) is 70.2 Å². The molecule has 0 radical (unpaired) electrons. The van der Waals surface area contributed by atoms with Crippen LogP contribution in [0.4, 0.5) is 0 Å². The van der Waals surface area contributed by atoms with Crippen molar-refractivity contribution in [3.63, 3.8) is 0 Å². The monoisotopic (exact) mass is 370 g/mol. The lowest BCUT2D eigenvalue weighted by Gasteiger charge is -2.37. The van der Waals surface area contributed by atoms with E-state index in [0.717, 1.165) is 17.5 Å². The quantitative estimate of drug-likeness (QED) is 0.820. The molecule has 0 N–H and O–H groups in total. The van der Waals surface area contributed by atoms with Crippen LogP contribution in [0.2, 0.25) is 5.02 Å². The molecule has 3 rings (SSSR count). The molecular weight excluding hydrogens is 348 g/mol. The second kappa shape index (κ2) is 7.92. The zero-order chi connectivity index (χ0) is 18.7. The minimum Gasteiger partial charge on any atom is -0.341 e. The summed E-state index contributed by atoms with van der Waals surface area (Å²) in [5.41, 5.74) is 3.29. The van der Waals surface area contributed by atoms with Crippen LogP contribution in [0.3, 0.4) is 0 Å². The Bertz CT molecular complexity index is 821. The second-order valence-corrected chi connectivity index (χ2v) is 7.20. The van der Waals surface area contributed by atoms with Gasteiger partial charge in [-0.3, -0.25) is 9.59 Å². The van der Waals surface area contributed by atoms with E-state index in [2.05, 4.69) is 6.07 Å². The van der Waals surface area contributed by atoms with Crippen LogP contribution >= 0.6 is 11.6 Å². The standard InChI is InChI=1S/C21H23ClN2O2/c1-15(25)24-11-10-17-7-3-4-9-19(17)20(24)13-21(26)23(2)14-16-6-5-8-18(22)12-16/h3-9,12,20H,10-11,13-14H2,1-2H3. The molecule has 136 valence electrons. The molecule has 2 amide bonds. The molecule has 0 bridgehead atoms. The van der Waals surface area contributed by atoms with Gasteiger partial charge in [0.1, 0.15) is 0 Å². The average Bonchev–Trinajstić information content (AvgIpc) is 2.61. The summed E-state index contributed by atoms with van der Waals surface area (Å²) in [6.07, 6.45) is 1.12. The van der Waals surface area contributed by atoms with E-state index >= 15 is 0 Å². The fourth-order valence-corrected chi connectivity index (χ4v) is 3.78. The van der Waals surface area contributed by atoms with E-state index in [1.807, 2.05) is 47.4 Å². The maximum absolute atomic E-state index is 12.8. The summed E-state index contributed by atoms with van der Waals surface area (Å²) in [4.78, 5) is 28.4. The number of rotatable bonds is 4. The van der Waals surface area contributed by atoms with E-state index in [1.54, 1.807) is 18.9 Å². The van der Waals surface area contributed by atoms with Crippen LogP contribution in [-0.2, 0) is 22.6 Å². The van der Waals surface area contributed by atoms with Crippen LogP contribution in [-0.4, -0.2) is 35.2 Å². The number of benzene rings is 2. The van der Waals surface area contributed by atoms with Crippen molar-refractivity contribution in [1.82, 2.24) is 9.80 Å². The molecule has 0 aliphatic carbocycles. The minimum absolute atomic E-state index is 0.00907. The van der Waals surface area contributed by atoms with Gasteiger partial charge in [0.05, 0.1) is 12.5 Å². The molecule has 1 aliphatic heterocycles. The summed E-state index contributed by atoms with van der Waals surface area (Å²) >= 11 is 6.03. The van der Waals surface area contributed by atoms with Crippen LogP contribution in [0.15, 0.2) is 48.5 Å². The Morgan fingerprint density at radius 3 is 2.69 bits per heavy atom. The number of carbonyl (C=O) groups excluding carboxylic acids is 2. The zero-order valence-corrected chi connectivity index (χ0v) is 15.9. The topological polar surface area (TPSA) is 40.6 Å². The molecule has 0 fully saturated rings. The summed E-state index contributed by atoms with van der Waals surface area (Å²) in [6.45, 7) is 2.72. The Balaban J connectivity index is 1.76. The van der Waals surface area contributed by atoms with Gasteiger partial charge in [-0.1, -0.05) is 48.0 Å². The lowest BCUT2D eigenvalue weighted by atomic mass is 9.90. The molecule has 4 nitrogen and oxygen atoms in total. The van der Waals surface area contributed by atoms with Gasteiger partial charge in [-0.2, -0.15) is 0 Å². The Kier molecular flexibility index (Phi) is 5.62. The van der Waals surface area contributed by atoms with Crippen molar-refractivity contribution >= 4 is 23.4 Å². The third-order valence-corrected chi connectivity index (χ3v) is 5.15. The smallest absolute Gasteiger partial charge is 0.225 e. The van der Waals surface area contributed by atoms with E-state index in [4.69, 9.17) is 11.6 Å². The van der Waals surface area contributed by atoms with Crippen molar-refractivity contribution in [2.24, 2.45) is 0 Å². The third kappa shape index (κ3) is 4.07. The molecule has 0 saturated heterocycles. The fraction of sp³-hybridized carbons (Fsp3) is 0.333. The van der Waals surface area contributed by atoms with Gasteiger partial charge in [-0.05, 0) is 35.2 Å². The van der Waals surface area contributed by atoms with E-state index in [9.17, 15) is 9.59 Å². The number of nitrogens with zero attached hydrogens (tertiary/aromatic N) is 2. The van der Waals surface area contributed by atoms with Gasteiger partial charge in [0.2, 0.25) is 11.8 Å². The summed E-state index contributed by atoms with van der Waals surface area (Å²) in [6, 6.07) is 15.4. The normalized spacial score (nSPS) is 16.1. The molecule has 5 heteroatoms. The van der Waals surface area contributed by atoms with Crippen molar-refractivity contribution in [2.45, 2.75) is 32.4 Å². The van der Waals surface area contributed by atoms with Gasteiger partial charge in [-0.15, -0.1) is 0 Å². The van der Waals surface area contributed by atoms with E-state index < -0.39 is 0 Å². The Morgan fingerprint density at radius 1 is 1.19 bits per heavy atom. The number of fused-ring (bicyclic) bond motifs is 1. The zero-order valence-electron chi connectivity index (χ0n) is 15.1. The lowest BCUT2D eigenvalue weighted by molar-refractivity contribution is -0.136. The number of hydrogen-bond acceptors (Lipinski definition) is 2. The van der Waals surface area contributed by atoms with E-state index in [0.29, 0.717) is 18.1 Å². The van der Waals surface area contributed by atoms with Crippen molar-refractivity contribution < 1.29 is 9.59 Å². The number of amides is 2. The highest BCUT2D eigenvalue weighted by molar-refractivity contribution is 6.30. The van der Waals surface area contributed by atoms with Gasteiger partial charge < -0.3 is 9.80 Å². The Hall–Kier alpha value is -2.33. The molecule has 1 aliphatic rings. The van der Waals surface area contributed by atoms with Crippen molar-refractivity contribution in [2.75, 3.05) is 13.6 Å². The number of carbonyl (C=O) groups is 2. The van der Waals surface area contributed by atoms with Gasteiger partial charge in [0.25, 0.3) is 0 Å². The largest absolute Gasteiger partial charge is 0.341 e. The SMILES string of the molecule is CC(=O)N1CCc2ccccc2C1CC(=O)N(C)Cc1cccc(Cl)c1. The summed E-state index contributed by atoms with van der Waals surface area (Å²) < 4.78 is 0. The molecule has 0 spiro atoms. The third-order valence-electron chi connectivity index (χ3n) is 4.92. The first kappa shape index (κ1) is 18.5. The van der Waals surface area contributed by atoms with Crippen molar-refractivity contribution in [1.29, 1.82) is 0 Å². The molecule has 1 atom stereocenters. The van der Waals surface area contributed by atoms with Gasteiger partial charge in [0, 0.05) is 32.1 Å². The van der Waals surface area contributed by atoms with Gasteiger partial charge in [-0.25, -0.2) is 0 Å². The Morgan fingerprint density at radius 2 is 1.96 bits per heavy atom. The molecule has 26 heavy (non-hydrogen) atoms. The number of hydrogen-bond donors (Lipinski definition) is 0. The lowest BCUT2D eigenvalue weighted by Crippen LogP contribution is -2.41.